The van der Waals surface area contributed by atoms with Crippen LogP contribution in [0.1, 0.15) is 121 Å². The van der Waals surface area contributed by atoms with E-state index in [1.807, 2.05) is 0 Å². The third kappa shape index (κ3) is 15.5. The smallest absolute Gasteiger partial charge is 0.416 e. The van der Waals surface area contributed by atoms with Gasteiger partial charge in [0.2, 0.25) is 0 Å². The Hall–Kier alpha value is -8.32. The average molecular weight is 1210 g/mol. The number of carboxylic acids is 1. The number of amides is 4. The van der Waals surface area contributed by atoms with Crippen molar-refractivity contribution in [2.24, 2.45) is 0 Å². The third-order valence-electron chi connectivity index (χ3n) is 15.6. The first-order valence-electron chi connectivity index (χ1n) is 29.5. The fourth-order valence-electron chi connectivity index (χ4n) is 11.5. The number of methoxy groups -OCH3 is 3. The molecule has 4 saturated heterocycles. The largest absolute Gasteiger partial charge is 0.493 e. The lowest BCUT2D eigenvalue weighted by molar-refractivity contribution is -0.199. The van der Waals surface area contributed by atoms with Crippen molar-refractivity contribution >= 4 is 47.3 Å². The van der Waals surface area contributed by atoms with Gasteiger partial charge in [0.25, 0.3) is 11.8 Å². The molecule has 0 aliphatic carbocycles. The molecule has 4 unspecified atom stereocenters. The predicted octanol–water partition coefficient (Wildman–Crippen LogP) is 8.69. The van der Waals surface area contributed by atoms with Gasteiger partial charge in [-0.3, -0.25) is 29.1 Å². The van der Waals surface area contributed by atoms with Gasteiger partial charge in [0.15, 0.2) is 48.0 Å². The van der Waals surface area contributed by atoms with Crippen LogP contribution in [0, 0.1) is 0 Å². The van der Waals surface area contributed by atoms with Crippen molar-refractivity contribution in [3.8, 4) is 23.0 Å². The van der Waals surface area contributed by atoms with Gasteiger partial charge in [-0.25, -0.2) is 19.4 Å². The maximum absolute atomic E-state index is 14.1. The lowest BCUT2D eigenvalue weighted by atomic mass is 10.00. The lowest BCUT2D eigenvalue weighted by Gasteiger charge is -2.42. The number of hydrogen-bond donors (Lipinski definition) is 1. The highest BCUT2D eigenvalue weighted by molar-refractivity contribution is 6.07. The van der Waals surface area contributed by atoms with Gasteiger partial charge in [0.1, 0.15) is 26.4 Å². The highest BCUT2D eigenvalue weighted by Gasteiger charge is 2.49. The van der Waals surface area contributed by atoms with Crippen molar-refractivity contribution in [3.05, 3.63) is 120 Å². The van der Waals surface area contributed by atoms with Gasteiger partial charge in [0, 0.05) is 38.4 Å². The van der Waals surface area contributed by atoms with Crippen LogP contribution in [0.5, 0.6) is 23.0 Å². The van der Waals surface area contributed by atoms with Crippen LogP contribution in [-0.2, 0) is 68.8 Å². The van der Waals surface area contributed by atoms with Gasteiger partial charge < -0.3 is 67.0 Å². The number of pyridine rings is 2. The van der Waals surface area contributed by atoms with Crippen molar-refractivity contribution in [2.75, 3.05) is 70.6 Å². The Kier molecular flexibility index (Phi) is 22.0. The molecule has 1 N–H and O–H groups in total. The molecule has 4 amide bonds. The third-order valence-corrected chi connectivity index (χ3v) is 15.6. The molecule has 466 valence electrons. The summed E-state index contributed by atoms with van der Waals surface area (Å²) in [6, 6.07) is 15.8. The number of carbonyl (C=O) groups is 6. The molecule has 2 aromatic carbocycles. The predicted molar refractivity (Wildman–Crippen MR) is 313 cm³/mol. The minimum atomic E-state index is -0.988. The van der Waals surface area contributed by atoms with Crippen molar-refractivity contribution < 1.29 is 86.0 Å². The number of nitrogens with zero attached hydrogens (tertiary/aromatic N) is 6. The number of anilines is 2. The number of benzene rings is 2. The Balaban J connectivity index is 0.000000208. The minimum Gasteiger partial charge on any atom is -0.493 e. The van der Waals surface area contributed by atoms with Gasteiger partial charge in [-0.1, -0.05) is 37.4 Å². The topological polar surface area (TPSA) is 263 Å². The van der Waals surface area contributed by atoms with E-state index in [-0.39, 0.29) is 90.8 Å². The minimum absolute atomic E-state index is 0.0118. The summed E-state index contributed by atoms with van der Waals surface area (Å²) < 4.78 is 64.3. The van der Waals surface area contributed by atoms with Crippen LogP contribution < -0.4 is 28.7 Å². The van der Waals surface area contributed by atoms with Gasteiger partial charge in [-0.15, -0.1) is 0 Å². The normalized spacial score (nSPS) is 21.6. The Bertz CT molecular complexity index is 3110. The molecule has 2 aromatic heterocycles. The summed E-state index contributed by atoms with van der Waals surface area (Å²) in [6.07, 6.45) is 8.40. The molecule has 0 bridgehead atoms. The summed E-state index contributed by atoms with van der Waals surface area (Å²) in [5, 5.41) is 9.13. The number of carboxylic acid groups (broad SMARTS) is 1. The Labute approximate surface area is 505 Å². The Morgan fingerprint density at radius 2 is 1.02 bits per heavy atom. The van der Waals surface area contributed by atoms with Gasteiger partial charge in [-0.05, 0) is 113 Å². The summed E-state index contributed by atoms with van der Waals surface area (Å²) in [6.45, 7) is 9.46. The fraction of sp³-hybridized carbons (Fsp3) is 0.492. The number of aliphatic carboxylic acids is 1. The second-order valence-corrected chi connectivity index (χ2v) is 21.4. The number of rotatable bonds is 20. The molecule has 0 spiro atoms. The molecule has 87 heavy (non-hydrogen) atoms. The molecule has 4 fully saturated rings. The second kappa shape index (κ2) is 30.3. The van der Waals surface area contributed by atoms with E-state index >= 15 is 0 Å². The van der Waals surface area contributed by atoms with Crippen LogP contribution in [0.4, 0.5) is 21.0 Å². The first-order valence-corrected chi connectivity index (χ1v) is 29.5. The Morgan fingerprint density at radius 3 is 1.43 bits per heavy atom. The lowest BCUT2D eigenvalue weighted by Crippen LogP contribution is -2.57. The van der Waals surface area contributed by atoms with E-state index in [0.29, 0.717) is 80.5 Å². The van der Waals surface area contributed by atoms with Gasteiger partial charge in [0.05, 0.1) is 91.5 Å². The van der Waals surface area contributed by atoms with Crippen LogP contribution in [0.3, 0.4) is 0 Å². The first kappa shape index (κ1) is 63.2. The van der Waals surface area contributed by atoms with Crippen molar-refractivity contribution in [1.29, 1.82) is 0 Å². The second-order valence-electron chi connectivity index (χ2n) is 21.4. The number of carbonyl (C=O) groups excluding carboxylic acids is 5. The monoisotopic (exact) mass is 1200 g/mol. The van der Waals surface area contributed by atoms with Crippen LogP contribution >= 0.6 is 0 Å². The van der Waals surface area contributed by atoms with Crippen molar-refractivity contribution in [1.82, 2.24) is 19.8 Å². The molecule has 24 heteroatoms. The van der Waals surface area contributed by atoms with E-state index in [1.165, 1.54) is 43.3 Å². The molecular weight excluding hydrogens is 1130 g/mol. The quantitative estimate of drug-likeness (QED) is 0.0492. The molecule has 0 radical (unpaired) electrons. The van der Waals surface area contributed by atoms with Crippen molar-refractivity contribution in [3.63, 3.8) is 0 Å². The van der Waals surface area contributed by atoms with Crippen LogP contribution in [0.2, 0.25) is 0 Å². The zero-order valence-electron chi connectivity index (χ0n) is 49.4. The maximum Gasteiger partial charge on any atom is 0.416 e. The number of aromatic nitrogens is 2. The summed E-state index contributed by atoms with van der Waals surface area (Å²) in [7, 11) is 4.27. The molecule has 24 nitrogen and oxygen atoms in total. The number of ether oxygens (including phenoxy) is 11. The maximum atomic E-state index is 14.1. The summed E-state index contributed by atoms with van der Waals surface area (Å²) >= 11 is 0. The van der Waals surface area contributed by atoms with E-state index in [2.05, 4.69) is 23.1 Å². The standard InChI is InChI=1S/C32H39N3O9.C31H37N3O9/c1-4-15-42-32(38)35-25-19-27(43-20-22-11-9-10-21(33-22)17-28(36)40-3)26(39-2)18-23(25)30(37)34-14-7-5-12-24(34)31(35)44-29-13-6-8-16-41-29;1-3-14-41-31(38)34-24-18-26(42-19-21-10-8-9-20(32-21)16-27(35)36)25(39-2)17-22(24)29(37)33-13-6-4-11-23(33)30(34)43-28-12-5-7-15-40-28/h4,9-11,18-19,24,29,31H,1,5-8,12-17,20H2,2-3H3;3,8-10,17-18,23,28,30H,1,4-7,11-16,19H2,2H3,(H,35,36)/t24-,29?,31?;23-,28?,30?/m00/s1. The molecule has 6 aliphatic rings. The molecular formula is C63H76N6O18. The van der Waals surface area contributed by atoms with E-state index in [0.717, 1.165) is 51.4 Å². The zero-order chi connectivity index (χ0) is 61.4. The van der Waals surface area contributed by atoms with E-state index < -0.39 is 61.2 Å². The van der Waals surface area contributed by atoms with E-state index in [9.17, 15) is 28.8 Å². The first-order chi connectivity index (χ1) is 42.3. The van der Waals surface area contributed by atoms with Gasteiger partial charge >= 0.3 is 24.1 Å². The summed E-state index contributed by atoms with van der Waals surface area (Å²) in [5.74, 6) is -0.724. The van der Waals surface area contributed by atoms with Gasteiger partial charge in [-0.2, -0.15) is 0 Å². The van der Waals surface area contributed by atoms with Crippen molar-refractivity contribution in [2.45, 2.75) is 140 Å². The van der Waals surface area contributed by atoms with Crippen LogP contribution in [0.15, 0.2) is 86.0 Å². The average Bonchev–Trinajstić information content (AvgIpc) is 1.97. The number of fused-ring (bicyclic) bond motifs is 4. The Morgan fingerprint density at radius 1 is 0.586 bits per heavy atom. The molecule has 6 aliphatic heterocycles. The highest BCUT2D eigenvalue weighted by Crippen LogP contribution is 2.45. The van der Waals surface area contributed by atoms with Crippen LogP contribution in [-0.4, -0.2) is 159 Å². The molecule has 0 saturated carbocycles. The zero-order valence-corrected chi connectivity index (χ0v) is 49.4. The SMILES string of the molecule is C=CCOC(=O)N1c2cc(OCc3cccc(CC(=O)O)n3)c(OC)cc2C(=O)N2CCCC[C@H]2C1OC1CCCCO1.C=CCOC(=O)N1c2cc(OCc3cccc(CC(=O)OC)n3)c(OC)cc2C(=O)N2CCCC[C@H]2C1OC1CCCCO1. The fourth-order valence-corrected chi connectivity index (χ4v) is 11.5. The number of esters is 1. The van der Waals surface area contributed by atoms with E-state index in [4.69, 9.17) is 57.2 Å². The molecule has 4 aromatic rings. The summed E-state index contributed by atoms with van der Waals surface area (Å²) in [5.41, 5.74) is 3.06. The number of piperidine rings is 2. The molecule has 6 atom stereocenters. The number of hydrogen-bond acceptors (Lipinski definition) is 19. The van der Waals surface area contributed by atoms with Crippen LogP contribution in [0.25, 0.3) is 0 Å². The summed E-state index contributed by atoms with van der Waals surface area (Å²) in [4.78, 5) is 93.8. The molecule has 8 heterocycles. The highest BCUT2D eigenvalue weighted by atomic mass is 16.7. The molecule has 10 rings (SSSR count). The van der Waals surface area contributed by atoms with E-state index in [1.54, 1.807) is 70.5 Å².